The molecule has 0 aromatic rings. The Hall–Kier alpha value is -0.120. The van der Waals surface area contributed by atoms with Crippen LogP contribution in [0, 0.1) is 5.92 Å². The molecule has 1 aliphatic rings. The average Bonchev–Trinajstić information content (AvgIpc) is 2.18. The molecule has 1 atom stereocenters. The highest BCUT2D eigenvalue weighted by Crippen LogP contribution is 2.29. The van der Waals surface area contributed by atoms with Crippen molar-refractivity contribution in [1.82, 2.24) is 5.32 Å². The van der Waals surface area contributed by atoms with Crippen LogP contribution in [0.25, 0.3) is 0 Å². The summed E-state index contributed by atoms with van der Waals surface area (Å²) < 4.78 is 5.57. The number of aliphatic hydroxyl groups is 1. The van der Waals surface area contributed by atoms with Gasteiger partial charge in [0.25, 0.3) is 0 Å². The first kappa shape index (κ1) is 12.9. The Morgan fingerprint density at radius 1 is 1.40 bits per heavy atom. The van der Waals surface area contributed by atoms with Gasteiger partial charge in [-0.1, -0.05) is 26.2 Å². The van der Waals surface area contributed by atoms with Gasteiger partial charge in [0, 0.05) is 19.3 Å². The van der Waals surface area contributed by atoms with Crippen LogP contribution in [-0.4, -0.2) is 37.5 Å². The number of ether oxygens (including phenoxy) is 1. The minimum atomic E-state index is 0.207. The van der Waals surface area contributed by atoms with E-state index in [-0.39, 0.29) is 12.6 Å². The molecule has 0 aromatic carbocycles. The highest BCUT2D eigenvalue weighted by molar-refractivity contribution is 4.69. The van der Waals surface area contributed by atoms with Crippen LogP contribution in [0.15, 0.2) is 0 Å². The first-order valence-electron chi connectivity index (χ1n) is 6.28. The predicted octanol–water partition coefficient (Wildman–Crippen LogP) is 1.55. The third-order valence-corrected chi connectivity index (χ3v) is 3.22. The van der Waals surface area contributed by atoms with Gasteiger partial charge >= 0.3 is 0 Å². The highest BCUT2D eigenvalue weighted by atomic mass is 16.5. The molecular formula is C12H25NO2. The van der Waals surface area contributed by atoms with Gasteiger partial charge < -0.3 is 15.2 Å². The summed E-state index contributed by atoms with van der Waals surface area (Å²) in [5, 5.41) is 12.3. The Labute approximate surface area is 93.2 Å². The van der Waals surface area contributed by atoms with Crippen molar-refractivity contribution in [3.05, 3.63) is 0 Å². The Morgan fingerprint density at radius 3 is 2.73 bits per heavy atom. The van der Waals surface area contributed by atoms with Gasteiger partial charge in [-0.25, -0.2) is 0 Å². The number of nitrogens with one attached hydrogen (secondary N) is 1. The Morgan fingerprint density at radius 2 is 2.20 bits per heavy atom. The standard InChI is InChI=1S/C12H25NO2/c1-2-13-12(10-14)7-9-15-8-6-11-4-3-5-11/h11-14H,2-10H2,1H3. The van der Waals surface area contributed by atoms with E-state index in [0.29, 0.717) is 0 Å². The summed E-state index contributed by atoms with van der Waals surface area (Å²) in [5.41, 5.74) is 0. The van der Waals surface area contributed by atoms with Crippen LogP contribution >= 0.6 is 0 Å². The first-order valence-corrected chi connectivity index (χ1v) is 6.28. The average molecular weight is 215 g/mol. The normalized spacial score (nSPS) is 18.8. The fourth-order valence-corrected chi connectivity index (χ4v) is 1.91. The van der Waals surface area contributed by atoms with E-state index in [1.165, 1.54) is 25.7 Å². The summed E-state index contributed by atoms with van der Waals surface area (Å²) in [6, 6.07) is 0.207. The Kier molecular flexibility index (Phi) is 6.98. The molecule has 90 valence electrons. The van der Waals surface area contributed by atoms with E-state index in [4.69, 9.17) is 9.84 Å². The number of likely N-dealkylation sites (N-methyl/N-ethyl adjacent to an activating group) is 1. The largest absolute Gasteiger partial charge is 0.395 e. The molecule has 15 heavy (non-hydrogen) atoms. The van der Waals surface area contributed by atoms with Crippen molar-refractivity contribution in [1.29, 1.82) is 0 Å². The molecule has 0 bridgehead atoms. The van der Waals surface area contributed by atoms with Crippen molar-refractivity contribution in [3.63, 3.8) is 0 Å². The SMILES string of the molecule is CCNC(CO)CCOCCC1CCC1. The molecule has 0 spiro atoms. The fraction of sp³-hybridized carbons (Fsp3) is 1.00. The van der Waals surface area contributed by atoms with Gasteiger partial charge in [-0.2, -0.15) is 0 Å². The van der Waals surface area contributed by atoms with Gasteiger partial charge in [-0.3, -0.25) is 0 Å². The van der Waals surface area contributed by atoms with Gasteiger partial charge in [0.2, 0.25) is 0 Å². The Balaban J connectivity index is 1.85. The second kappa shape index (κ2) is 8.08. The monoisotopic (exact) mass is 215 g/mol. The summed E-state index contributed by atoms with van der Waals surface area (Å²) in [4.78, 5) is 0. The van der Waals surface area contributed by atoms with Gasteiger partial charge in [-0.05, 0) is 25.3 Å². The lowest BCUT2D eigenvalue weighted by Crippen LogP contribution is -2.33. The fourth-order valence-electron chi connectivity index (χ4n) is 1.91. The summed E-state index contributed by atoms with van der Waals surface area (Å²) in [6.07, 6.45) is 6.36. The third-order valence-electron chi connectivity index (χ3n) is 3.22. The molecule has 0 radical (unpaired) electrons. The number of rotatable bonds is 9. The summed E-state index contributed by atoms with van der Waals surface area (Å²) >= 11 is 0. The van der Waals surface area contributed by atoms with Crippen LogP contribution < -0.4 is 5.32 Å². The molecule has 1 unspecified atom stereocenters. The van der Waals surface area contributed by atoms with E-state index in [2.05, 4.69) is 12.2 Å². The summed E-state index contributed by atoms with van der Waals surface area (Å²) in [6.45, 7) is 4.84. The second-order valence-electron chi connectivity index (χ2n) is 4.42. The van der Waals surface area contributed by atoms with Gasteiger partial charge in [-0.15, -0.1) is 0 Å². The van der Waals surface area contributed by atoms with Crippen molar-refractivity contribution in [2.24, 2.45) is 5.92 Å². The number of hydrogen-bond acceptors (Lipinski definition) is 3. The predicted molar refractivity (Wildman–Crippen MR) is 61.9 cm³/mol. The maximum atomic E-state index is 9.03. The maximum Gasteiger partial charge on any atom is 0.0585 e. The minimum absolute atomic E-state index is 0.207. The third kappa shape index (κ3) is 5.50. The Bertz CT molecular complexity index is 149. The van der Waals surface area contributed by atoms with Crippen LogP contribution in [0.1, 0.15) is 39.0 Å². The van der Waals surface area contributed by atoms with Crippen molar-refractivity contribution in [2.75, 3.05) is 26.4 Å². The zero-order valence-electron chi connectivity index (χ0n) is 9.87. The lowest BCUT2D eigenvalue weighted by molar-refractivity contribution is 0.0927. The van der Waals surface area contributed by atoms with E-state index in [9.17, 15) is 0 Å². The first-order chi connectivity index (χ1) is 7.36. The minimum Gasteiger partial charge on any atom is -0.395 e. The topological polar surface area (TPSA) is 41.5 Å². The molecular weight excluding hydrogens is 190 g/mol. The molecule has 0 heterocycles. The quantitative estimate of drug-likeness (QED) is 0.573. The molecule has 1 aliphatic carbocycles. The molecule has 0 aromatic heterocycles. The molecule has 0 aliphatic heterocycles. The lowest BCUT2D eigenvalue weighted by Gasteiger charge is -2.25. The zero-order chi connectivity index (χ0) is 10.9. The van der Waals surface area contributed by atoms with Crippen molar-refractivity contribution < 1.29 is 9.84 Å². The smallest absolute Gasteiger partial charge is 0.0585 e. The number of aliphatic hydroxyl groups excluding tert-OH is 1. The molecule has 1 fully saturated rings. The second-order valence-corrected chi connectivity index (χ2v) is 4.42. The van der Waals surface area contributed by atoms with Crippen molar-refractivity contribution >= 4 is 0 Å². The van der Waals surface area contributed by atoms with Crippen LogP contribution in [-0.2, 0) is 4.74 Å². The molecule has 1 rings (SSSR count). The van der Waals surface area contributed by atoms with Crippen molar-refractivity contribution in [2.45, 2.75) is 45.1 Å². The molecule has 3 heteroatoms. The zero-order valence-corrected chi connectivity index (χ0v) is 9.87. The highest BCUT2D eigenvalue weighted by Gasteiger charge is 2.16. The summed E-state index contributed by atoms with van der Waals surface area (Å²) in [5.74, 6) is 0.937. The van der Waals surface area contributed by atoms with Crippen LogP contribution in [0.5, 0.6) is 0 Å². The van der Waals surface area contributed by atoms with Gasteiger partial charge in [0.15, 0.2) is 0 Å². The molecule has 0 saturated heterocycles. The van der Waals surface area contributed by atoms with Crippen LogP contribution in [0.4, 0.5) is 0 Å². The summed E-state index contributed by atoms with van der Waals surface area (Å²) in [7, 11) is 0. The van der Waals surface area contributed by atoms with E-state index in [0.717, 1.165) is 32.1 Å². The van der Waals surface area contributed by atoms with Gasteiger partial charge in [0.1, 0.15) is 0 Å². The maximum absolute atomic E-state index is 9.03. The van der Waals surface area contributed by atoms with E-state index < -0.39 is 0 Å². The van der Waals surface area contributed by atoms with Crippen molar-refractivity contribution in [3.8, 4) is 0 Å². The number of hydrogen-bond donors (Lipinski definition) is 2. The van der Waals surface area contributed by atoms with E-state index >= 15 is 0 Å². The lowest BCUT2D eigenvalue weighted by atomic mass is 9.83. The molecule has 2 N–H and O–H groups in total. The molecule has 3 nitrogen and oxygen atoms in total. The molecule has 1 saturated carbocycles. The van der Waals surface area contributed by atoms with E-state index in [1.54, 1.807) is 0 Å². The van der Waals surface area contributed by atoms with Gasteiger partial charge in [0.05, 0.1) is 6.61 Å². The molecule has 0 amide bonds. The van der Waals surface area contributed by atoms with Crippen LogP contribution in [0.2, 0.25) is 0 Å². The van der Waals surface area contributed by atoms with E-state index in [1.807, 2.05) is 0 Å². The van der Waals surface area contributed by atoms with Crippen LogP contribution in [0.3, 0.4) is 0 Å².